The number of aromatic nitrogens is 2. The second kappa shape index (κ2) is 9.34. The molecule has 164 valence electrons. The number of nitrogens with one attached hydrogen (secondary N) is 1. The number of rotatable bonds is 8. The molecule has 0 radical (unpaired) electrons. The number of nitrogens with zero attached hydrogens (tertiary/aromatic N) is 3. The maximum Gasteiger partial charge on any atom is 0.241 e. The van der Waals surface area contributed by atoms with Gasteiger partial charge in [-0.15, -0.1) is 0 Å². The molecule has 0 saturated heterocycles. The first-order valence-corrected chi connectivity index (χ1v) is 11.9. The molecule has 0 aliphatic heterocycles. The minimum atomic E-state index is -3.64. The Morgan fingerprint density at radius 1 is 1.13 bits per heavy atom. The van der Waals surface area contributed by atoms with Crippen molar-refractivity contribution in [3.05, 3.63) is 77.9 Å². The van der Waals surface area contributed by atoms with Gasteiger partial charge in [0.2, 0.25) is 15.9 Å². The lowest BCUT2D eigenvalue weighted by molar-refractivity contribution is -0.119. The summed E-state index contributed by atoms with van der Waals surface area (Å²) in [6, 6.07) is 15.0. The SMILES string of the molecule is Cc1nccn1-c1ccccc1CNC(=O)CN(c1ccccc1C(C)C)S(C)(=O)=O. The summed E-state index contributed by atoms with van der Waals surface area (Å²) in [5.74, 6) is 0.585. The Morgan fingerprint density at radius 3 is 2.45 bits per heavy atom. The van der Waals surface area contributed by atoms with Crippen LogP contribution in [0.5, 0.6) is 0 Å². The first-order chi connectivity index (χ1) is 14.7. The van der Waals surface area contributed by atoms with Crippen molar-refractivity contribution in [1.29, 1.82) is 0 Å². The number of para-hydroxylation sites is 2. The summed E-state index contributed by atoms with van der Waals surface area (Å²) in [5, 5.41) is 2.86. The van der Waals surface area contributed by atoms with Gasteiger partial charge in [-0.1, -0.05) is 50.2 Å². The Morgan fingerprint density at radius 2 is 1.81 bits per heavy atom. The number of carbonyl (C=O) groups is 1. The van der Waals surface area contributed by atoms with Crippen LogP contribution in [0.4, 0.5) is 5.69 Å². The number of imidazole rings is 1. The molecule has 31 heavy (non-hydrogen) atoms. The molecule has 0 atom stereocenters. The second-order valence-electron chi connectivity index (χ2n) is 7.73. The zero-order valence-corrected chi connectivity index (χ0v) is 19.1. The summed E-state index contributed by atoms with van der Waals surface area (Å²) in [4.78, 5) is 17.0. The maximum absolute atomic E-state index is 12.8. The monoisotopic (exact) mass is 440 g/mol. The minimum absolute atomic E-state index is 0.119. The standard InChI is InChI=1S/C23H28N4O3S/c1-17(2)20-10-6-8-12-22(20)27(31(4,29)30)16-23(28)25-15-19-9-5-7-11-21(19)26-14-13-24-18(26)3/h5-14,17H,15-16H2,1-4H3,(H,25,28). The van der Waals surface area contributed by atoms with Crippen LogP contribution in [0.1, 0.15) is 36.7 Å². The van der Waals surface area contributed by atoms with Gasteiger partial charge < -0.3 is 9.88 Å². The van der Waals surface area contributed by atoms with E-state index in [1.807, 2.05) is 67.9 Å². The molecular weight excluding hydrogens is 412 g/mol. The highest BCUT2D eigenvalue weighted by atomic mass is 32.2. The lowest BCUT2D eigenvalue weighted by atomic mass is 10.0. The molecule has 1 amide bonds. The molecule has 1 N–H and O–H groups in total. The van der Waals surface area contributed by atoms with Crippen LogP contribution in [0.2, 0.25) is 0 Å². The largest absolute Gasteiger partial charge is 0.350 e. The van der Waals surface area contributed by atoms with Crippen molar-refractivity contribution < 1.29 is 13.2 Å². The van der Waals surface area contributed by atoms with Gasteiger partial charge in [0.15, 0.2) is 0 Å². The highest BCUT2D eigenvalue weighted by Crippen LogP contribution is 2.28. The van der Waals surface area contributed by atoms with Crippen LogP contribution in [0, 0.1) is 6.92 Å². The smallest absolute Gasteiger partial charge is 0.241 e. The highest BCUT2D eigenvalue weighted by molar-refractivity contribution is 7.92. The number of carbonyl (C=O) groups excluding carboxylic acids is 1. The average Bonchev–Trinajstić information content (AvgIpc) is 3.15. The van der Waals surface area contributed by atoms with Crippen molar-refractivity contribution in [2.24, 2.45) is 0 Å². The van der Waals surface area contributed by atoms with Crippen LogP contribution in [0.15, 0.2) is 60.9 Å². The lowest BCUT2D eigenvalue weighted by Crippen LogP contribution is -2.40. The molecule has 3 aromatic rings. The van der Waals surface area contributed by atoms with E-state index in [-0.39, 0.29) is 24.9 Å². The zero-order valence-electron chi connectivity index (χ0n) is 18.2. The Hall–Kier alpha value is -3.13. The van der Waals surface area contributed by atoms with E-state index in [9.17, 15) is 13.2 Å². The van der Waals surface area contributed by atoms with Crippen LogP contribution >= 0.6 is 0 Å². The number of amides is 1. The Bertz CT molecular complexity index is 1170. The number of hydrogen-bond donors (Lipinski definition) is 1. The highest BCUT2D eigenvalue weighted by Gasteiger charge is 2.24. The summed E-state index contributed by atoms with van der Waals surface area (Å²) in [7, 11) is -3.64. The molecule has 0 aliphatic rings. The normalized spacial score (nSPS) is 11.5. The third kappa shape index (κ3) is 5.32. The molecule has 8 heteroatoms. The van der Waals surface area contributed by atoms with Gasteiger partial charge in [0, 0.05) is 18.9 Å². The van der Waals surface area contributed by atoms with E-state index in [0.717, 1.165) is 28.9 Å². The van der Waals surface area contributed by atoms with Gasteiger partial charge >= 0.3 is 0 Å². The predicted octanol–water partition coefficient (Wildman–Crippen LogP) is 3.39. The van der Waals surface area contributed by atoms with Crippen LogP contribution in [-0.2, 0) is 21.4 Å². The van der Waals surface area contributed by atoms with Crippen molar-refractivity contribution in [2.45, 2.75) is 33.2 Å². The van der Waals surface area contributed by atoms with Crippen molar-refractivity contribution in [2.75, 3.05) is 17.1 Å². The van der Waals surface area contributed by atoms with Gasteiger partial charge in [0.25, 0.3) is 0 Å². The topological polar surface area (TPSA) is 84.3 Å². The van der Waals surface area contributed by atoms with Crippen molar-refractivity contribution in [3.63, 3.8) is 0 Å². The maximum atomic E-state index is 12.8. The number of hydrogen-bond acceptors (Lipinski definition) is 4. The molecule has 0 aliphatic carbocycles. The second-order valence-corrected chi connectivity index (χ2v) is 9.64. The van der Waals surface area contributed by atoms with Crippen molar-refractivity contribution in [3.8, 4) is 5.69 Å². The van der Waals surface area contributed by atoms with Gasteiger partial charge in [-0.2, -0.15) is 0 Å². The van der Waals surface area contributed by atoms with E-state index in [0.29, 0.717) is 5.69 Å². The quantitative estimate of drug-likeness (QED) is 0.582. The fraction of sp³-hybridized carbons (Fsp3) is 0.304. The molecule has 0 bridgehead atoms. The molecule has 1 heterocycles. The van der Waals surface area contributed by atoms with E-state index in [4.69, 9.17) is 0 Å². The van der Waals surface area contributed by atoms with E-state index in [1.165, 1.54) is 4.31 Å². The summed E-state index contributed by atoms with van der Waals surface area (Å²) in [5.41, 5.74) is 3.24. The molecule has 0 fully saturated rings. The summed E-state index contributed by atoms with van der Waals surface area (Å²) in [6.45, 7) is 5.89. The molecule has 0 saturated carbocycles. The third-order valence-electron chi connectivity index (χ3n) is 5.07. The van der Waals surface area contributed by atoms with Crippen LogP contribution in [0.25, 0.3) is 5.69 Å². The first kappa shape index (κ1) is 22.6. The average molecular weight is 441 g/mol. The molecule has 7 nitrogen and oxygen atoms in total. The summed E-state index contributed by atoms with van der Waals surface area (Å²) < 4.78 is 28.1. The minimum Gasteiger partial charge on any atom is -0.350 e. The van der Waals surface area contributed by atoms with Gasteiger partial charge in [-0.3, -0.25) is 9.10 Å². The van der Waals surface area contributed by atoms with Crippen molar-refractivity contribution >= 4 is 21.6 Å². The third-order valence-corrected chi connectivity index (χ3v) is 6.19. The Labute approximate surface area is 183 Å². The number of sulfonamides is 1. The number of aryl methyl sites for hydroxylation is 1. The first-order valence-electron chi connectivity index (χ1n) is 10.1. The molecule has 0 spiro atoms. The molecule has 2 aromatic carbocycles. The van der Waals surface area contributed by atoms with E-state index in [2.05, 4.69) is 10.3 Å². The fourth-order valence-electron chi connectivity index (χ4n) is 3.49. The van der Waals surface area contributed by atoms with E-state index >= 15 is 0 Å². The summed E-state index contributed by atoms with van der Waals surface area (Å²) >= 11 is 0. The van der Waals surface area contributed by atoms with E-state index < -0.39 is 10.0 Å². The number of anilines is 1. The fourth-order valence-corrected chi connectivity index (χ4v) is 4.37. The molecular formula is C23H28N4O3S. The Kier molecular flexibility index (Phi) is 6.80. The van der Waals surface area contributed by atoms with Crippen LogP contribution < -0.4 is 9.62 Å². The van der Waals surface area contributed by atoms with E-state index in [1.54, 1.807) is 18.3 Å². The van der Waals surface area contributed by atoms with Gasteiger partial charge in [0.05, 0.1) is 17.6 Å². The van der Waals surface area contributed by atoms with Gasteiger partial charge in [0.1, 0.15) is 12.4 Å². The molecule has 1 aromatic heterocycles. The lowest BCUT2D eigenvalue weighted by Gasteiger charge is -2.25. The predicted molar refractivity (Wildman–Crippen MR) is 123 cm³/mol. The molecule has 0 unspecified atom stereocenters. The van der Waals surface area contributed by atoms with Crippen LogP contribution in [-0.4, -0.2) is 36.7 Å². The van der Waals surface area contributed by atoms with Gasteiger partial charge in [-0.25, -0.2) is 13.4 Å². The number of benzene rings is 2. The zero-order chi connectivity index (χ0) is 22.6. The summed E-state index contributed by atoms with van der Waals surface area (Å²) in [6.07, 6.45) is 4.71. The molecule has 3 rings (SSSR count). The van der Waals surface area contributed by atoms with Gasteiger partial charge in [-0.05, 0) is 36.1 Å². The van der Waals surface area contributed by atoms with Crippen LogP contribution in [0.3, 0.4) is 0 Å². The van der Waals surface area contributed by atoms with Crippen molar-refractivity contribution in [1.82, 2.24) is 14.9 Å². The Balaban J connectivity index is 1.80.